The molecule has 0 radical (unpaired) electrons. The lowest BCUT2D eigenvalue weighted by Crippen LogP contribution is -2.53. The fraction of sp³-hybridized carbons (Fsp3) is 0.733. The third-order valence-electron chi connectivity index (χ3n) is 5.04. The molecular weight excluding hydrogens is 256 g/mol. The van der Waals surface area contributed by atoms with E-state index in [9.17, 15) is 9.90 Å². The number of hydrogen-bond acceptors (Lipinski definition) is 4. The van der Waals surface area contributed by atoms with Crippen LogP contribution in [0, 0.1) is 11.8 Å². The second-order valence-electron chi connectivity index (χ2n) is 6.54. The molecule has 2 aliphatic carbocycles. The fourth-order valence-electron chi connectivity index (χ4n) is 3.69. The van der Waals surface area contributed by atoms with Crippen LogP contribution in [0.4, 0.5) is 0 Å². The largest absolute Gasteiger partial charge is 0.392 e. The summed E-state index contributed by atoms with van der Waals surface area (Å²) in [5.74, 6) is 1.77. The summed E-state index contributed by atoms with van der Waals surface area (Å²) in [5, 5.41) is 14.1. The Morgan fingerprint density at radius 2 is 1.95 bits per heavy atom. The van der Waals surface area contributed by atoms with Crippen molar-refractivity contribution >= 4 is 5.91 Å². The van der Waals surface area contributed by atoms with Crippen molar-refractivity contribution in [2.75, 3.05) is 13.1 Å². The number of carbonyl (C=O) groups excluding carboxylic acids is 1. The van der Waals surface area contributed by atoms with E-state index in [1.165, 1.54) is 6.42 Å². The molecule has 1 N–H and O–H groups in total. The lowest BCUT2D eigenvalue weighted by molar-refractivity contribution is -0.0415. The van der Waals surface area contributed by atoms with Crippen LogP contribution in [0.15, 0.2) is 10.6 Å². The third-order valence-corrected chi connectivity index (χ3v) is 5.04. The number of fused-ring (bicyclic) bond motifs is 2. The van der Waals surface area contributed by atoms with Crippen molar-refractivity contribution in [2.24, 2.45) is 11.8 Å². The van der Waals surface area contributed by atoms with Gasteiger partial charge in [-0.2, -0.15) is 0 Å². The molecule has 2 heterocycles. The Morgan fingerprint density at radius 1 is 1.25 bits per heavy atom. The van der Waals surface area contributed by atoms with Crippen molar-refractivity contribution in [2.45, 2.75) is 44.1 Å². The van der Waals surface area contributed by atoms with E-state index in [2.05, 4.69) is 5.16 Å². The summed E-state index contributed by atoms with van der Waals surface area (Å²) >= 11 is 0. The maximum absolute atomic E-state index is 12.5. The molecular formula is C15H20N2O3. The molecule has 108 valence electrons. The number of likely N-dealkylation sites (tertiary alicyclic amines) is 1. The predicted octanol–water partition coefficient (Wildman–Crippen LogP) is 1.79. The SMILES string of the molecule is O=C(c1cc(C2CC2)on1)N1CC2CCCC(C1)C2O. The van der Waals surface area contributed by atoms with Crippen molar-refractivity contribution in [3.63, 3.8) is 0 Å². The zero-order valence-corrected chi connectivity index (χ0v) is 11.5. The summed E-state index contributed by atoms with van der Waals surface area (Å²) in [6.07, 6.45) is 5.27. The fourth-order valence-corrected chi connectivity index (χ4v) is 3.69. The minimum atomic E-state index is -0.230. The van der Waals surface area contributed by atoms with Gasteiger partial charge in [0, 0.05) is 36.9 Å². The molecule has 1 aromatic heterocycles. The number of aromatic nitrogens is 1. The number of hydrogen-bond donors (Lipinski definition) is 1. The Bertz CT molecular complexity index is 509. The van der Waals surface area contributed by atoms with E-state index in [4.69, 9.17) is 4.52 Å². The Labute approximate surface area is 117 Å². The van der Waals surface area contributed by atoms with Crippen LogP contribution in [-0.4, -0.2) is 40.3 Å². The first-order chi connectivity index (χ1) is 9.72. The molecule has 5 nitrogen and oxygen atoms in total. The normalized spacial score (nSPS) is 33.2. The van der Waals surface area contributed by atoms with Crippen LogP contribution in [0.2, 0.25) is 0 Å². The van der Waals surface area contributed by atoms with Crippen molar-refractivity contribution in [1.82, 2.24) is 10.1 Å². The van der Waals surface area contributed by atoms with E-state index in [0.29, 0.717) is 24.7 Å². The van der Waals surface area contributed by atoms with Crippen LogP contribution in [0.5, 0.6) is 0 Å². The topological polar surface area (TPSA) is 66.6 Å². The number of aliphatic hydroxyl groups is 1. The number of nitrogens with zero attached hydrogens (tertiary/aromatic N) is 2. The van der Waals surface area contributed by atoms with Crippen molar-refractivity contribution in [1.29, 1.82) is 0 Å². The van der Waals surface area contributed by atoms with Gasteiger partial charge in [-0.3, -0.25) is 4.79 Å². The molecule has 5 heteroatoms. The molecule has 2 atom stereocenters. The average Bonchev–Trinajstić information content (AvgIpc) is 3.15. The number of aliphatic hydroxyl groups excluding tert-OH is 1. The van der Waals surface area contributed by atoms with Gasteiger partial charge in [0.05, 0.1) is 6.10 Å². The molecule has 2 saturated carbocycles. The Hall–Kier alpha value is -1.36. The van der Waals surface area contributed by atoms with Gasteiger partial charge in [0.1, 0.15) is 5.76 Å². The molecule has 1 amide bonds. The summed E-state index contributed by atoms with van der Waals surface area (Å²) in [7, 11) is 0. The summed E-state index contributed by atoms with van der Waals surface area (Å²) in [6, 6.07) is 1.81. The number of amides is 1. The van der Waals surface area contributed by atoms with Crippen LogP contribution in [0.3, 0.4) is 0 Å². The molecule has 1 saturated heterocycles. The standard InChI is InChI=1S/C15H20N2O3/c18-14-10-2-1-3-11(14)8-17(7-10)15(19)12-6-13(20-16-12)9-4-5-9/h6,9-11,14,18H,1-5,7-8H2. The monoisotopic (exact) mass is 276 g/mol. The molecule has 3 aliphatic rings. The van der Waals surface area contributed by atoms with Gasteiger partial charge in [-0.25, -0.2) is 0 Å². The Balaban J connectivity index is 1.50. The minimum absolute atomic E-state index is 0.0375. The van der Waals surface area contributed by atoms with Gasteiger partial charge in [0.25, 0.3) is 5.91 Å². The quantitative estimate of drug-likeness (QED) is 0.894. The van der Waals surface area contributed by atoms with Crippen molar-refractivity contribution in [3.05, 3.63) is 17.5 Å². The van der Waals surface area contributed by atoms with Gasteiger partial charge in [-0.1, -0.05) is 11.6 Å². The molecule has 20 heavy (non-hydrogen) atoms. The summed E-state index contributed by atoms with van der Waals surface area (Å²) < 4.78 is 5.27. The molecule has 3 fully saturated rings. The molecule has 1 aliphatic heterocycles. The van der Waals surface area contributed by atoms with Crippen LogP contribution >= 0.6 is 0 Å². The highest BCUT2D eigenvalue weighted by Crippen LogP contribution is 2.40. The number of piperidine rings is 1. The highest BCUT2D eigenvalue weighted by molar-refractivity contribution is 5.92. The zero-order chi connectivity index (χ0) is 13.7. The summed E-state index contributed by atoms with van der Waals surface area (Å²) in [6.45, 7) is 1.31. The first-order valence-electron chi connectivity index (χ1n) is 7.66. The maximum atomic E-state index is 12.5. The van der Waals surface area contributed by atoms with E-state index >= 15 is 0 Å². The van der Waals surface area contributed by atoms with Crippen LogP contribution in [0.25, 0.3) is 0 Å². The van der Waals surface area contributed by atoms with E-state index in [0.717, 1.165) is 31.4 Å². The number of carbonyl (C=O) groups is 1. The lowest BCUT2D eigenvalue weighted by atomic mass is 9.75. The van der Waals surface area contributed by atoms with Crippen LogP contribution in [-0.2, 0) is 0 Å². The van der Waals surface area contributed by atoms with Crippen LogP contribution < -0.4 is 0 Å². The maximum Gasteiger partial charge on any atom is 0.276 e. The van der Waals surface area contributed by atoms with E-state index in [1.807, 2.05) is 4.90 Å². The summed E-state index contributed by atoms with van der Waals surface area (Å²) in [4.78, 5) is 14.4. The molecule has 2 bridgehead atoms. The van der Waals surface area contributed by atoms with E-state index in [-0.39, 0.29) is 23.8 Å². The first kappa shape index (κ1) is 12.4. The molecule has 0 spiro atoms. The van der Waals surface area contributed by atoms with Crippen molar-refractivity contribution in [3.8, 4) is 0 Å². The van der Waals surface area contributed by atoms with Gasteiger partial charge in [0.15, 0.2) is 5.69 Å². The molecule has 1 aromatic rings. The molecule has 0 aromatic carbocycles. The third kappa shape index (κ3) is 2.04. The first-order valence-corrected chi connectivity index (χ1v) is 7.66. The molecule has 4 rings (SSSR count). The minimum Gasteiger partial charge on any atom is -0.392 e. The Morgan fingerprint density at radius 3 is 2.60 bits per heavy atom. The van der Waals surface area contributed by atoms with Crippen LogP contribution in [0.1, 0.15) is 54.3 Å². The van der Waals surface area contributed by atoms with Gasteiger partial charge in [-0.15, -0.1) is 0 Å². The lowest BCUT2D eigenvalue weighted by Gasteiger charge is -2.44. The second kappa shape index (κ2) is 4.58. The van der Waals surface area contributed by atoms with E-state index < -0.39 is 0 Å². The summed E-state index contributed by atoms with van der Waals surface area (Å²) in [5.41, 5.74) is 0.432. The zero-order valence-electron chi connectivity index (χ0n) is 11.5. The average molecular weight is 276 g/mol. The van der Waals surface area contributed by atoms with Gasteiger partial charge < -0.3 is 14.5 Å². The molecule has 2 unspecified atom stereocenters. The van der Waals surface area contributed by atoms with Gasteiger partial charge in [0.2, 0.25) is 0 Å². The smallest absolute Gasteiger partial charge is 0.276 e. The van der Waals surface area contributed by atoms with Crippen molar-refractivity contribution < 1.29 is 14.4 Å². The Kier molecular flexibility index (Phi) is 2.84. The van der Waals surface area contributed by atoms with Gasteiger partial charge >= 0.3 is 0 Å². The second-order valence-corrected chi connectivity index (χ2v) is 6.54. The highest BCUT2D eigenvalue weighted by atomic mass is 16.5. The predicted molar refractivity (Wildman–Crippen MR) is 71.2 cm³/mol. The van der Waals surface area contributed by atoms with E-state index in [1.54, 1.807) is 6.07 Å². The number of rotatable bonds is 2. The highest BCUT2D eigenvalue weighted by Gasteiger charge is 2.40. The van der Waals surface area contributed by atoms with Gasteiger partial charge in [-0.05, 0) is 25.7 Å².